The lowest BCUT2D eigenvalue weighted by atomic mass is 10.1. The quantitative estimate of drug-likeness (QED) is 0.878. The zero-order valence-electron chi connectivity index (χ0n) is 12.0. The standard InChI is InChI=1S/C14H20BrN3O2S/c1-10-7-11(15)8-16-14(10)18-6-2-3-12(9-18)17-21(19,20)13-4-5-13/h7-8,12-13,17H,2-6,9H2,1H3. The first kappa shape index (κ1) is 15.2. The Hall–Kier alpha value is -0.660. The summed E-state index contributed by atoms with van der Waals surface area (Å²) in [4.78, 5) is 6.67. The summed E-state index contributed by atoms with van der Waals surface area (Å²) in [5, 5.41) is -0.152. The van der Waals surface area contributed by atoms with Crippen molar-refractivity contribution in [3.8, 4) is 0 Å². The molecule has 116 valence electrons. The maximum absolute atomic E-state index is 12.1. The van der Waals surface area contributed by atoms with Crippen molar-refractivity contribution in [3.05, 3.63) is 22.3 Å². The first-order chi connectivity index (χ1) is 9.95. The van der Waals surface area contributed by atoms with Gasteiger partial charge >= 0.3 is 0 Å². The molecule has 1 saturated carbocycles. The molecule has 1 saturated heterocycles. The number of sulfonamides is 1. The van der Waals surface area contributed by atoms with E-state index in [-0.39, 0.29) is 11.3 Å². The maximum Gasteiger partial charge on any atom is 0.214 e. The van der Waals surface area contributed by atoms with Crippen LogP contribution < -0.4 is 9.62 Å². The van der Waals surface area contributed by atoms with Gasteiger partial charge in [0.2, 0.25) is 10.0 Å². The summed E-state index contributed by atoms with van der Waals surface area (Å²) in [6.07, 6.45) is 5.28. The van der Waals surface area contributed by atoms with Gasteiger partial charge < -0.3 is 4.90 Å². The molecule has 0 spiro atoms. The summed E-state index contributed by atoms with van der Waals surface area (Å²) >= 11 is 3.42. The fraction of sp³-hybridized carbons (Fsp3) is 0.643. The highest BCUT2D eigenvalue weighted by Gasteiger charge is 2.37. The minimum Gasteiger partial charge on any atom is -0.355 e. The van der Waals surface area contributed by atoms with Gasteiger partial charge in [-0.25, -0.2) is 18.1 Å². The Bertz CT molecular complexity index is 631. The van der Waals surface area contributed by atoms with E-state index in [2.05, 4.69) is 30.5 Å². The van der Waals surface area contributed by atoms with Crippen LogP contribution in [0.3, 0.4) is 0 Å². The van der Waals surface area contributed by atoms with Gasteiger partial charge in [0.25, 0.3) is 0 Å². The van der Waals surface area contributed by atoms with E-state index in [0.717, 1.165) is 48.1 Å². The molecule has 0 aromatic carbocycles. The van der Waals surface area contributed by atoms with Gasteiger partial charge in [0.15, 0.2) is 0 Å². The third-order valence-corrected chi connectivity index (χ3v) is 6.48. The van der Waals surface area contributed by atoms with E-state index in [4.69, 9.17) is 0 Å². The lowest BCUT2D eigenvalue weighted by Crippen LogP contribution is -2.48. The molecule has 1 unspecified atom stereocenters. The molecule has 1 aromatic heterocycles. The van der Waals surface area contributed by atoms with Crippen molar-refractivity contribution in [2.75, 3.05) is 18.0 Å². The number of aryl methyl sites for hydroxylation is 1. The van der Waals surface area contributed by atoms with Crippen molar-refractivity contribution in [1.29, 1.82) is 0 Å². The molecular formula is C14H20BrN3O2S. The van der Waals surface area contributed by atoms with Crippen molar-refractivity contribution < 1.29 is 8.42 Å². The van der Waals surface area contributed by atoms with Crippen LogP contribution >= 0.6 is 15.9 Å². The van der Waals surface area contributed by atoms with Crippen molar-refractivity contribution in [1.82, 2.24) is 9.71 Å². The van der Waals surface area contributed by atoms with Crippen LogP contribution in [-0.2, 0) is 10.0 Å². The molecule has 21 heavy (non-hydrogen) atoms. The average Bonchev–Trinajstić information content (AvgIpc) is 3.23. The Morgan fingerprint density at radius 2 is 2.14 bits per heavy atom. The van der Waals surface area contributed by atoms with Gasteiger partial charge in [-0.2, -0.15) is 0 Å². The molecule has 2 fully saturated rings. The molecule has 2 aliphatic rings. The van der Waals surface area contributed by atoms with Crippen molar-refractivity contribution in [3.63, 3.8) is 0 Å². The van der Waals surface area contributed by atoms with Gasteiger partial charge in [-0.05, 0) is 60.2 Å². The van der Waals surface area contributed by atoms with Crippen molar-refractivity contribution in [2.45, 2.75) is 43.9 Å². The van der Waals surface area contributed by atoms with E-state index in [9.17, 15) is 8.42 Å². The Kier molecular flexibility index (Phi) is 4.25. The maximum atomic E-state index is 12.1. The minimum absolute atomic E-state index is 0.00537. The Balaban J connectivity index is 1.70. The summed E-state index contributed by atoms with van der Waals surface area (Å²) in [5.41, 5.74) is 1.11. The fourth-order valence-electron chi connectivity index (χ4n) is 2.84. The average molecular weight is 374 g/mol. The predicted octanol–water partition coefficient (Wildman–Crippen LogP) is 2.20. The van der Waals surface area contributed by atoms with Crippen molar-refractivity contribution >= 4 is 31.8 Å². The molecule has 3 rings (SSSR count). The topological polar surface area (TPSA) is 62.3 Å². The van der Waals surface area contributed by atoms with Crippen LogP contribution in [-0.4, -0.2) is 37.8 Å². The number of piperidine rings is 1. The third kappa shape index (κ3) is 3.57. The summed E-state index contributed by atoms with van der Waals surface area (Å²) in [7, 11) is -3.11. The Morgan fingerprint density at radius 1 is 1.38 bits per heavy atom. The number of nitrogens with one attached hydrogen (secondary N) is 1. The number of halogens is 1. The number of rotatable bonds is 4. The monoisotopic (exact) mass is 373 g/mol. The highest BCUT2D eigenvalue weighted by molar-refractivity contribution is 9.10. The van der Waals surface area contributed by atoms with Crippen LogP contribution in [0.5, 0.6) is 0 Å². The van der Waals surface area contributed by atoms with E-state index in [1.165, 1.54) is 0 Å². The molecule has 5 nitrogen and oxygen atoms in total. The largest absolute Gasteiger partial charge is 0.355 e. The summed E-state index contributed by atoms with van der Waals surface area (Å²) in [5.74, 6) is 0.952. The molecule has 0 bridgehead atoms. The second-order valence-corrected chi connectivity index (χ2v) is 8.85. The minimum atomic E-state index is -3.11. The molecule has 2 heterocycles. The van der Waals surface area contributed by atoms with E-state index in [0.29, 0.717) is 6.54 Å². The van der Waals surface area contributed by atoms with E-state index in [1.807, 2.05) is 13.0 Å². The van der Waals surface area contributed by atoms with Gasteiger partial charge in [0, 0.05) is 29.8 Å². The number of aromatic nitrogens is 1. The number of anilines is 1. The van der Waals surface area contributed by atoms with Gasteiger partial charge in [-0.3, -0.25) is 0 Å². The fourth-order valence-corrected chi connectivity index (χ4v) is 4.89. The van der Waals surface area contributed by atoms with E-state index in [1.54, 1.807) is 6.20 Å². The van der Waals surface area contributed by atoms with Gasteiger partial charge in [-0.1, -0.05) is 0 Å². The van der Waals surface area contributed by atoms with Crippen LogP contribution in [0, 0.1) is 6.92 Å². The summed E-state index contributed by atoms with van der Waals surface area (Å²) in [6.45, 7) is 3.66. The first-order valence-electron chi connectivity index (χ1n) is 7.34. The zero-order chi connectivity index (χ0) is 15.0. The Labute approximate surface area is 134 Å². The molecule has 1 aliphatic heterocycles. The molecule has 1 aliphatic carbocycles. The number of nitrogens with zero attached hydrogens (tertiary/aromatic N) is 2. The van der Waals surface area contributed by atoms with Crippen LogP contribution in [0.2, 0.25) is 0 Å². The molecule has 0 amide bonds. The van der Waals surface area contributed by atoms with Crippen LogP contribution in [0.25, 0.3) is 0 Å². The summed E-state index contributed by atoms with van der Waals surface area (Å²) < 4.78 is 28.0. The molecule has 7 heteroatoms. The zero-order valence-corrected chi connectivity index (χ0v) is 14.5. The SMILES string of the molecule is Cc1cc(Br)cnc1N1CCCC(NS(=O)(=O)C2CC2)C1. The van der Waals surface area contributed by atoms with E-state index >= 15 is 0 Å². The first-order valence-corrected chi connectivity index (χ1v) is 9.68. The number of hydrogen-bond donors (Lipinski definition) is 1. The normalized spacial score (nSPS) is 23.3. The molecule has 0 radical (unpaired) electrons. The summed E-state index contributed by atoms with van der Waals surface area (Å²) in [6, 6.07) is 2.04. The third-order valence-electron chi connectivity index (χ3n) is 4.03. The molecule has 1 atom stereocenters. The molecule has 1 N–H and O–H groups in total. The predicted molar refractivity (Wildman–Crippen MR) is 87.0 cm³/mol. The van der Waals surface area contributed by atoms with Gasteiger partial charge in [-0.15, -0.1) is 0 Å². The van der Waals surface area contributed by atoms with Crippen molar-refractivity contribution in [2.24, 2.45) is 0 Å². The smallest absolute Gasteiger partial charge is 0.214 e. The van der Waals surface area contributed by atoms with Gasteiger partial charge in [0.05, 0.1) is 5.25 Å². The highest BCUT2D eigenvalue weighted by Crippen LogP contribution is 2.29. The molecule has 1 aromatic rings. The van der Waals surface area contributed by atoms with E-state index < -0.39 is 10.0 Å². The number of pyridine rings is 1. The number of hydrogen-bond acceptors (Lipinski definition) is 4. The lowest BCUT2D eigenvalue weighted by molar-refractivity contribution is 0.463. The van der Waals surface area contributed by atoms with Crippen LogP contribution in [0.4, 0.5) is 5.82 Å². The van der Waals surface area contributed by atoms with Gasteiger partial charge in [0.1, 0.15) is 5.82 Å². The Morgan fingerprint density at radius 3 is 2.81 bits per heavy atom. The highest BCUT2D eigenvalue weighted by atomic mass is 79.9. The second-order valence-electron chi connectivity index (χ2n) is 5.94. The van der Waals surface area contributed by atoms with Crippen LogP contribution in [0.15, 0.2) is 16.7 Å². The lowest BCUT2D eigenvalue weighted by Gasteiger charge is -2.34. The molecular weight excluding hydrogens is 354 g/mol. The second kappa shape index (κ2) is 5.85. The van der Waals surface area contributed by atoms with Crippen LogP contribution in [0.1, 0.15) is 31.2 Å².